The molecule has 0 bridgehead atoms. The molecule has 0 spiro atoms. The first-order valence-electron chi connectivity index (χ1n) is 4.81. The van der Waals surface area contributed by atoms with E-state index in [-0.39, 0.29) is 0 Å². The van der Waals surface area contributed by atoms with E-state index in [1.165, 1.54) is 6.92 Å². The molecule has 0 aromatic heterocycles. The van der Waals surface area contributed by atoms with Gasteiger partial charge in [-0.2, -0.15) is 13.2 Å². The Balaban J connectivity index is 2.49. The highest BCUT2D eigenvalue weighted by atomic mass is 19.4. The van der Waals surface area contributed by atoms with Crippen LogP contribution < -0.4 is 5.32 Å². The van der Waals surface area contributed by atoms with Gasteiger partial charge < -0.3 is 5.32 Å². The lowest BCUT2D eigenvalue weighted by Gasteiger charge is -2.15. The van der Waals surface area contributed by atoms with Gasteiger partial charge in [-0.15, -0.1) is 0 Å². The van der Waals surface area contributed by atoms with Gasteiger partial charge >= 0.3 is 12.1 Å². The van der Waals surface area contributed by atoms with Crippen LogP contribution in [0.4, 0.5) is 13.2 Å². The molecule has 1 aromatic carbocycles. The van der Waals surface area contributed by atoms with Gasteiger partial charge in [0.15, 0.2) is 0 Å². The van der Waals surface area contributed by atoms with Crippen LogP contribution in [-0.4, -0.2) is 18.1 Å². The fraction of sp³-hybridized carbons (Fsp3) is 0.364. The molecule has 1 N–H and O–H groups in total. The molecule has 0 saturated carbocycles. The van der Waals surface area contributed by atoms with Crippen LogP contribution in [-0.2, 0) is 11.2 Å². The second-order valence-electron chi connectivity index (χ2n) is 3.56. The molecule has 0 fully saturated rings. The van der Waals surface area contributed by atoms with Gasteiger partial charge in [-0.25, -0.2) is 0 Å². The minimum Gasteiger partial charge on any atom is -0.345 e. The van der Waals surface area contributed by atoms with Gasteiger partial charge in [-0.05, 0) is 18.9 Å². The summed E-state index contributed by atoms with van der Waals surface area (Å²) in [6, 6.07) is 8.48. The number of alkyl halides is 3. The average molecular weight is 231 g/mol. The maximum Gasteiger partial charge on any atom is 0.471 e. The van der Waals surface area contributed by atoms with Gasteiger partial charge in [0.25, 0.3) is 0 Å². The smallest absolute Gasteiger partial charge is 0.345 e. The second kappa shape index (κ2) is 5.01. The lowest BCUT2D eigenvalue weighted by atomic mass is 10.1. The molecule has 1 amide bonds. The van der Waals surface area contributed by atoms with Gasteiger partial charge in [0.05, 0.1) is 0 Å². The molecule has 0 saturated heterocycles. The van der Waals surface area contributed by atoms with Crippen molar-refractivity contribution in [2.45, 2.75) is 25.6 Å². The van der Waals surface area contributed by atoms with Gasteiger partial charge in [0.1, 0.15) is 0 Å². The van der Waals surface area contributed by atoms with E-state index >= 15 is 0 Å². The maximum atomic E-state index is 11.9. The van der Waals surface area contributed by atoms with Crippen LogP contribution in [0.1, 0.15) is 12.5 Å². The highest BCUT2D eigenvalue weighted by Crippen LogP contribution is 2.15. The van der Waals surface area contributed by atoms with E-state index in [2.05, 4.69) is 0 Å². The van der Waals surface area contributed by atoms with Crippen LogP contribution in [0.5, 0.6) is 0 Å². The summed E-state index contributed by atoms with van der Waals surface area (Å²) >= 11 is 0. The van der Waals surface area contributed by atoms with Crippen LogP contribution in [0, 0.1) is 0 Å². The Kier molecular flexibility index (Phi) is 3.93. The molecule has 1 rings (SSSR count). The highest BCUT2D eigenvalue weighted by Gasteiger charge is 2.39. The molecular weight excluding hydrogens is 219 g/mol. The maximum absolute atomic E-state index is 11.9. The molecule has 2 nitrogen and oxygen atoms in total. The van der Waals surface area contributed by atoms with E-state index in [1.807, 2.05) is 11.4 Å². The molecule has 0 aliphatic carbocycles. The monoisotopic (exact) mass is 231 g/mol. The third kappa shape index (κ3) is 3.92. The summed E-state index contributed by atoms with van der Waals surface area (Å²) in [5.74, 6) is -1.89. The number of nitrogens with one attached hydrogen (secondary N) is 1. The largest absolute Gasteiger partial charge is 0.471 e. The van der Waals surface area contributed by atoms with Crippen molar-refractivity contribution in [1.29, 1.82) is 0 Å². The first-order chi connectivity index (χ1) is 7.39. The number of amides is 1. The predicted molar refractivity (Wildman–Crippen MR) is 53.8 cm³/mol. The standard InChI is InChI=1S/C11H12F3NO/c1-8(15-10(16)11(12,13)14)7-9-5-3-2-4-6-9/h2-6,8H,7H2,1H3,(H,15,16)/t8-/m1/s1. The van der Waals surface area contributed by atoms with Crippen molar-refractivity contribution in [2.75, 3.05) is 0 Å². The van der Waals surface area contributed by atoms with Gasteiger partial charge in [-0.3, -0.25) is 4.79 Å². The summed E-state index contributed by atoms with van der Waals surface area (Å²) in [6.45, 7) is 1.54. The van der Waals surface area contributed by atoms with Crippen LogP contribution in [0.2, 0.25) is 0 Å². The molecule has 1 aromatic rings. The Bertz CT molecular complexity index is 348. The normalized spacial score (nSPS) is 13.2. The first-order valence-corrected chi connectivity index (χ1v) is 4.81. The van der Waals surface area contributed by atoms with Crippen molar-refractivity contribution in [3.05, 3.63) is 35.9 Å². The van der Waals surface area contributed by atoms with E-state index in [1.54, 1.807) is 24.3 Å². The number of carbonyl (C=O) groups is 1. The number of hydrogen-bond donors (Lipinski definition) is 1. The molecule has 1 atom stereocenters. The predicted octanol–water partition coefficient (Wildman–Crippen LogP) is 2.30. The third-order valence-corrected chi connectivity index (χ3v) is 2.02. The van der Waals surface area contributed by atoms with E-state index in [9.17, 15) is 18.0 Å². The van der Waals surface area contributed by atoms with E-state index < -0.39 is 18.1 Å². The summed E-state index contributed by atoms with van der Waals surface area (Å²) in [5.41, 5.74) is 0.887. The molecule has 16 heavy (non-hydrogen) atoms. The van der Waals surface area contributed by atoms with Gasteiger partial charge in [0.2, 0.25) is 0 Å². The lowest BCUT2D eigenvalue weighted by molar-refractivity contribution is -0.174. The highest BCUT2D eigenvalue weighted by molar-refractivity contribution is 5.81. The van der Waals surface area contributed by atoms with Crippen LogP contribution >= 0.6 is 0 Å². The fourth-order valence-electron chi connectivity index (χ4n) is 1.32. The third-order valence-electron chi connectivity index (χ3n) is 2.02. The van der Waals surface area contributed by atoms with Crippen LogP contribution in [0.15, 0.2) is 30.3 Å². The zero-order chi connectivity index (χ0) is 12.2. The van der Waals surface area contributed by atoms with E-state index in [0.29, 0.717) is 6.42 Å². The minimum absolute atomic E-state index is 0.378. The van der Waals surface area contributed by atoms with E-state index in [0.717, 1.165) is 5.56 Å². The SMILES string of the molecule is C[C@H](Cc1ccccc1)NC(=O)C(F)(F)F. The quantitative estimate of drug-likeness (QED) is 0.849. The second-order valence-corrected chi connectivity index (χ2v) is 3.56. The topological polar surface area (TPSA) is 29.1 Å². The summed E-state index contributed by atoms with van der Waals surface area (Å²) in [6.07, 6.45) is -4.44. The van der Waals surface area contributed by atoms with E-state index in [4.69, 9.17) is 0 Å². The lowest BCUT2D eigenvalue weighted by Crippen LogP contribution is -2.42. The first kappa shape index (κ1) is 12.5. The molecule has 0 aliphatic heterocycles. The van der Waals surface area contributed by atoms with Gasteiger partial charge in [0, 0.05) is 6.04 Å². The van der Waals surface area contributed by atoms with Crippen LogP contribution in [0.25, 0.3) is 0 Å². The Labute approximate surface area is 91.5 Å². The molecule has 0 heterocycles. The van der Waals surface area contributed by atoms with Gasteiger partial charge in [-0.1, -0.05) is 30.3 Å². The Morgan fingerprint density at radius 2 is 1.88 bits per heavy atom. The zero-order valence-electron chi connectivity index (χ0n) is 8.71. The molecule has 88 valence electrons. The van der Waals surface area contributed by atoms with Crippen molar-refractivity contribution >= 4 is 5.91 Å². The molecular formula is C11H12F3NO. The summed E-state index contributed by atoms with van der Waals surface area (Å²) in [4.78, 5) is 10.6. The Morgan fingerprint density at radius 1 is 1.31 bits per heavy atom. The summed E-state index contributed by atoms with van der Waals surface area (Å²) in [7, 11) is 0. The molecule has 0 unspecified atom stereocenters. The zero-order valence-corrected chi connectivity index (χ0v) is 8.71. The molecule has 5 heteroatoms. The van der Waals surface area contributed by atoms with Crippen LogP contribution in [0.3, 0.4) is 0 Å². The minimum atomic E-state index is -4.81. The summed E-state index contributed by atoms with van der Waals surface area (Å²) < 4.78 is 35.8. The fourth-order valence-corrected chi connectivity index (χ4v) is 1.32. The number of carbonyl (C=O) groups excluding carboxylic acids is 1. The molecule has 0 aliphatic rings. The Morgan fingerprint density at radius 3 is 2.38 bits per heavy atom. The van der Waals surface area contributed by atoms with Crippen molar-refractivity contribution in [1.82, 2.24) is 5.32 Å². The number of benzene rings is 1. The average Bonchev–Trinajstić information content (AvgIpc) is 2.17. The molecule has 0 radical (unpaired) electrons. The number of hydrogen-bond acceptors (Lipinski definition) is 1. The van der Waals surface area contributed by atoms with Crippen molar-refractivity contribution in [3.63, 3.8) is 0 Å². The number of rotatable bonds is 3. The summed E-state index contributed by atoms with van der Waals surface area (Å²) in [5, 5.41) is 1.90. The van der Waals surface area contributed by atoms with Crippen molar-refractivity contribution in [2.24, 2.45) is 0 Å². The van der Waals surface area contributed by atoms with Crippen molar-refractivity contribution < 1.29 is 18.0 Å². The Hall–Kier alpha value is -1.52. The van der Waals surface area contributed by atoms with Crippen molar-refractivity contribution in [3.8, 4) is 0 Å². The number of halogens is 3.